The summed E-state index contributed by atoms with van der Waals surface area (Å²) in [5, 5.41) is 9.46. The van der Waals surface area contributed by atoms with Crippen LogP contribution in [0.15, 0.2) is 0 Å². The summed E-state index contributed by atoms with van der Waals surface area (Å²) >= 11 is 0. The molecule has 1 aliphatic heterocycles. The van der Waals surface area contributed by atoms with E-state index in [4.69, 9.17) is 15.2 Å². The fourth-order valence-corrected chi connectivity index (χ4v) is 2.43. The molecule has 0 aromatic rings. The first-order valence-corrected chi connectivity index (χ1v) is 5.70. The van der Waals surface area contributed by atoms with Gasteiger partial charge < -0.3 is 20.3 Å². The zero-order valence-electron chi connectivity index (χ0n) is 9.53. The molecule has 0 aromatic carbocycles. The van der Waals surface area contributed by atoms with Gasteiger partial charge in [0.15, 0.2) is 5.79 Å². The molecule has 0 radical (unpaired) electrons. The van der Waals surface area contributed by atoms with Gasteiger partial charge in [-0.25, -0.2) is 0 Å². The van der Waals surface area contributed by atoms with Gasteiger partial charge in [0.1, 0.15) is 6.10 Å². The molecule has 3 N–H and O–H groups in total. The average molecular weight is 215 g/mol. The van der Waals surface area contributed by atoms with Gasteiger partial charge in [0, 0.05) is 5.54 Å². The van der Waals surface area contributed by atoms with Gasteiger partial charge in [-0.2, -0.15) is 0 Å². The zero-order valence-corrected chi connectivity index (χ0v) is 9.53. The molecule has 1 heterocycles. The van der Waals surface area contributed by atoms with Crippen LogP contribution >= 0.6 is 0 Å². The van der Waals surface area contributed by atoms with Crippen molar-refractivity contribution >= 4 is 0 Å². The van der Waals surface area contributed by atoms with Crippen LogP contribution in [0.4, 0.5) is 0 Å². The number of hydrogen-bond acceptors (Lipinski definition) is 4. The summed E-state index contributed by atoms with van der Waals surface area (Å²) in [6.45, 7) is 4.39. The molecule has 0 spiro atoms. The molecule has 4 nitrogen and oxygen atoms in total. The maximum absolute atomic E-state index is 9.46. The smallest absolute Gasteiger partial charge is 0.163 e. The van der Waals surface area contributed by atoms with Crippen LogP contribution in [0, 0.1) is 0 Å². The van der Waals surface area contributed by atoms with E-state index in [1.807, 2.05) is 13.8 Å². The second kappa shape index (κ2) is 3.70. The lowest BCUT2D eigenvalue weighted by Crippen LogP contribution is -2.55. The van der Waals surface area contributed by atoms with Crippen LogP contribution in [0.1, 0.15) is 39.5 Å². The Balaban J connectivity index is 1.98. The minimum Gasteiger partial charge on any atom is -0.393 e. The third-order valence-electron chi connectivity index (χ3n) is 3.54. The van der Waals surface area contributed by atoms with Crippen molar-refractivity contribution in [1.82, 2.24) is 0 Å². The van der Waals surface area contributed by atoms with Gasteiger partial charge in [0.25, 0.3) is 0 Å². The van der Waals surface area contributed by atoms with Gasteiger partial charge in [-0.3, -0.25) is 0 Å². The molecular formula is C11H21NO3. The lowest BCUT2D eigenvalue weighted by Gasteiger charge is -2.39. The number of ether oxygens (including phenoxy) is 2. The first-order valence-electron chi connectivity index (χ1n) is 5.70. The fraction of sp³-hybridized carbons (Fsp3) is 1.00. The Morgan fingerprint density at radius 3 is 2.33 bits per heavy atom. The Labute approximate surface area is 90.7 Å². The van der Waals surface area contributed by atoms with Crippen LogP contribution in [-0.2, 0) is 9.47 Å². The van der Waals surface area contributed by atoms with E-state index in [1.165, 1.54) is 0 Å². The Kier molecular flexibility index (Phi) is 2.79. The first-order chi connectivity index (χ1) is 6.91. The highest BCUT2D eigenvalue weighted by Crippen LogP contribution is 2.36. The maximum Gasteiger partial charge on any atom is 0.163 e. The highest BCUT2D eigenvalue weighted by Gasteiger charge is 2.46. The molecule has 2 aliphatic rings. The van der Waals surface area contributed by atoms with E-state index in [0.717, 1.165) is 25.7 Å². The number of rotatable bonds is 1. The van der Waals surface area contributed by atoms with Crippen molar-refractivity contribution in [2.24, 2.45) is 5.73 Å². The van der Waals surface area contributed by atoms with Crippen molar-refractivity contribution in [2.45, 2.75) is 63.1 Å². The van der Waals surface area contributed by atoms with E-state index in [-0.39, 0.29) is 17.7 Å². The van der Waals surface area contributed by atoms with Crippen LogP contribution in [-0.4, -0.2) is 35.2 Å². The lowest BCUT2D eigenvalue weighted by atomic mass is 9.77. The van der Waals surface area contributed by atoms with Crippen molar-refractivity contribution < 1.29 is 14.6 Å². The third-order valence-corrected chi connectivity index (χ3v) is 3.54. The summed E-state index contributed by atoms with van der Waals surface area (Å²) in [6.07, 6.45) is 2.97. The van der Waals surface area contributed by atoms with Gasteiger partial charge in [0.2, 0.25) is 0 Å². The third kappa shape index (κ3) is 2.33. The SMILES string of the molecule is CC1(C)OCC(C2(N)CCC(O)CC2)O1. The van der Waals surface area contributed by atoms with Crippen LogP contribution in [0.2, 0.25) is 0 Å². The average Bonchev–Trinajstić information content (AvgIpc) is 2.52. The Bertz CT molecular complexity index is 234. The van der Waals surface area contributed by atoms with Crippen LogP contribution < -0.4 is 5.73 Å². The summed E-state index contributed by atoms with van der Waals surface area (Å²) in [5.41, 5.74) is 6.02. The molecule has 1 unspecified atom stereocenters. The minimum absolute atomic E-state index is 0.0278. The zero-order chi connectivity index (χ0) is 11.1. The van der Waals surface area contributed by atoms with Crippen molar-refractivity contribution in [3.05, 3.63) is 0 Å². The van der Waals surface area contributed by atoms with E-state index >= 15 is 0 Å². The van der Waals surface area contributed by atoms with Gasteiger partial charge in [-0.15, -0.1) is 0 Å². The van der Waals surface area contributed by atoms with Crippen LogP contribution in [0.3, 0.4) is 0 Å². The van der Waals surface area contributed by atoms with E-state index in [1.54, 1.807) is 0 Å². The second-order valence-electron chi connectivity index (χ2n) is 5.28. The molecule has 2 rings (SSSR count). The van der Waals surface area contributed by atoms with Crippen molar-refractivity contribution in [3.8, 4) is 0 Å². The summed E-state index contributed by atoms with van der Waals surface area (Å²) in [6, 6.07) is 0. The topological polar surface area (TPSA) is 64.7 Å². The number of aliphatic hydroxyl groups excluding tert-OH is 1. The molecule has 88 valence electrons. The number of aliphatic hydroxyl groups is 1. The molecule has 0 aromatic heterocycles. The molecule has 1 atom stereocenters. The molecule has 0 bridgehead atoms. The Hall–Kier alpha value is -0.160. The van der Waals surface area contributed by atoms with E-state index in [2.05, 4.69) is 0 Å². The van der Waals surface area contributed by atoms with Crippen molar-refractivity contribution in [3.63, 3.8) is 0 Å². The molecule has 1 saturated heterocycles. The van der Waals surface area contributed by atoms with E-state index in [0.29, 0.717) is 6.61 Å². The molecule has 1 aliphatic carbocycles. The van der Waals surface area contributed by atoms with E-state index in [9.17, 15) is 5.11 Å². The Morgan fingerprint density at radius 1 is 1.27 bits per heavy atom. The fourth-order valence-electron chi connectivity index (χ4n) is 2.43. The summed E-state index contributed by atoms with van der Waals surface area (Å²) in [5.74, 6) is -0.507. The largest absolute Gasteiger partial charge is 0.393 e. The monoisotopic (exact) mass is 215 g/mol. The lowest BCUT2D eigenvalue weighted by molar-refractivity contribution is -0.149. The minimum atomic E-state index is -0.507. The quantitative estimate of drug-likeness (QED) is 0.678. The summed E-state index contributed by atoms with van der Waals surface area (Å²) in [4.78, 5) is 0. The molecule has 4 heteroatoms. The Morgan fingerprint density at radius 2 is 1.87 bits per heavy atom. The van der Waals surface area contributed by atoms with Crippen molar-refractivity contribution in [1.29, 1.82) is 0 Å². The first kappa shape index (κ1) is 11.3. The van der Waals surface area contributed by atoms with Crippen LogP contribution in [0.25, 0.3) is 0 Å². The second-order valence-corrected chi connectivity index (χ2v) is 5.28. The molecule has 0 amide bonds. The predicted molar refractivity (Wildman–Crippen MR) is 56.3 cm³/mol. The maximum atomic E-state index is 9.46. The van der Waals surface area contributed by atoms with Gasteiger partial charge in [0.05, 0.1) is 12.7 Å². The van der Waals surface area contributed by atoms with Gasteiger partial charge in [-0.05, 0) is 39.5 Å². The molecule has 1 saturated carbocycles. The number of hydrogen-bond donors (Lipinski definition) is 2. The summed E-state index contributed by atoms with van der Waals surface area (Å²) in [7, 11) is 0. The highest BCUT2D eigenvalue weighted by atomic mass is 16.7. The van der Waals surface area contributed by atoms with Gasteiger partial charge in [-0.1, -0.05) is 0 Å². The standard InChI is InChI=1S/C11H21NO3/c1-10(2)14-7-9(15-10)11(12)5-3-8(13)4-6-11/h8-9,13H,3-7,12H2,1-2H3. The van der Waals surface area contributed by atoms with Crippen LogP contribution in [0.5, 0.6) is 0 Å². The summed E-state index contributed by atoms with van der Waals surface area (Å²) < 4.78 is 11.3. The van der Waals surface area contributed by atoms with Crippen molar-refractivity contribution in [2.75, 3.05) is 6.61 Å². The molecular weight excluding hydrogens is 194 g/mol. The van der Waals surface area contributed by atoms with E-state index < -0.39 is 5.79 Å². The predicted octanol–water partition coefficient (Wildman–Crippen LogP) is 0.770. The van der Waals surface area contributed by atoms with Gasteiger partial charge >= 0.3 is 0 Å². The number of nitrogens with two attached hydrogens (primary N) is 1. The molecule has 15 heavy (non-hydrogen) atoms. The highest BCUT2D eigenvalue weighted by molar-refractivity contribution is 4.98. The normalized spacial score (nSPS) is 45.6. The molecule has 2 fully saturated rings.